The standard InChI is InChI=1S/C10H14O3/c1-3-9(11)7-5-6-8-10(12)13-4-2/h1,6,8-9,11H,4-5,7H2,2H3/b8-6+. The van der Waals surface area contributed by atoms with Crippen molar-refractivity contribution in [1.82, 2.24) is 0 Å². The van der Waals surface area contributed by atoms with E-state index in [1.807, 2.05) is 0 Å². The molecule has 0 heterocycles. The van der Waals surface area contributed by atoms with Gasteiger partial charge >= 0.3 is 5.97 Å². The molecule has 3 heteroatoms. The first kappa shape index (κ1) is 11.7. The Hall–Kier alpha value is -1.27. The van der Waals surface area contributed by atoms with Crippen LogP contribution >= 0.6 is 0 Å². The topological polar surface area (TPSA) is 46.5 Å². The molecule has 0 bridgehead atoms. The Kier molecular flexibility index (Phi) is 6.66. The highest BCUT2D eigenvalue weighted by atomic mass is 16.5. The molecule has 1 unspecified atom stereocenters. The molecular weight excluding hydrogens is 168 g/mol. The van der Waals surface area contributed by atoms with Crippen LogP contribution in [0.3, 0.4) is 0 Å². The van der Waals surface area contributed by atoms with Crippen LogP contribution in [0, 0.1) is 12.3 Å². The number of carbonyl (C=O) groups is 1. The van der Waals surface area contributed by atoms with Gasteiger partial charge in [0.25, 0.3) is 0 Å². The van der Waals surface area contributed by atoms with Crippen LogP contribution < -0.4 is 0 Å². The van der Waals surface area contributed by atoms with Crippen molar-refractivity contribution in [3.05, 3.63) is 12.2 Å². The molecule has 0 rings (SSSR count). The van der Waals surface area contributed by atoms with Gasteiger partial charge in [-0.15, -0.1) is 6.42 Å². The van der Waals surface area contributed by atoms with E-state index in [1.54, 1.807) is 13.0 Å². The number of aliphatic hydroxyl groups excluding tert-OH is 1. The Morgan fingerprint density at radius 2 is 2.46 bits per heavy atom. The molecule has 0 aromatic heterocycles. The Morgan fingerprint density at radius 1 is 1.77 bits per heavy atom. The molecule has 0 aliphatic heterocycles. The molecule has 1 atom stereocenters. The Morgan fingerprint density at radius 3 is 3.00 bits per heavy atom. The second kappa shape index (κ2) is 7.38. The molecule has 0 fully saturated rings. The molecule has 13 heavy (non-hydrogen) atoms. The van der Waals surface area contributed by atoms with Crippen LogP contribution in [0.4, 0.5) is 0 Å². The van der Waals surface area contributed by atoms with Gasteiger partial charge in [-0.05, 0) is 19.8 Å². The first-order valence-corrected chi connectivity index (χ1v) is 4.18. The summed E-state index contributed by atoms with van der Waals surface area (Å²) in [6, 6.07) is 0. The van der Waals surface area contributed by atoms with Gasteiger partial charge in [0.05, 0.1) is 6.61 Å². The fraction of sp³-hybridized carbons (Fsp3) is 0.500. The summed E-state index contributed by atoms with van der Waals surface area (Å²) in [5.74, 6) is 1.82. The van der Waals surface area contributed by atoms with Gasteiger partial charge in [0.15, 0.2) is 0 Å². The van der Waals surface area contributed by atoms with Gasteiger partial charge in [-0.2, -0.15) is 0 Å². The SMILES string of the molecule is C#CC(O)CC/C=C/C(=O)OCC. The summed E-state index contributed by atoms with van der Waals surface area (Å²) in [6.07, 6.45) is 8.23. The fourth-order valence-corrected chi connectivity index (χ4v) is 0.707. The highest BCUT2D eigenvalue weighted by Gasteiger charge is 1.96. The molecule has 72 valence electrons. The zero-order valence-corrected chi connectivity index (χ0v) is 7.69. The van der Waals surface area contributed by atoms with Crippen molar-refractivity contribution in [1.29, 1.82) is 0 Å². The zero-order chi connectivity index (χ0) is 10.1. The Labute approximate surface area is 78.4 Å². The van der Waals surface area contributed by atoms with Crippen LogP contribution in [0.5, 0.6) is 0 Å². The highest BCUT2D eigenvalue weighted by Crippen LogP contribution is 1.96. The molecule has 0 aromatic carbocycles. The number of esters is 1. The predicted octanol–water partition coefficient (Wildman–Crippen LogP) is 0.880. The maximum absolute atomic E-state index is 10.7. The summed E-state index contributed by atoms with van der Waals surface area (Å²) >= 11 is 0. The van der Waals surface area contributed by atoms with E-state index in [0.29, 0.717) is 19.4 Å². The summed E-state index contributed by atoms with van der Waals surface area (Å²) in [7, 11) is 0. The van der Waals surface area contributed by atoms with E-state index in [-0.39, 0.29) is 5.97 Å². The van der Waals surface area contributed by atoms with E-state index in [4.69, 9.17) is 11.5 Å². The second-order valence-corrected chi connectivity index (χ2v) is 2.41. The monoisotopic (exact) mass is 182 g/mol. The molecule has 0 aromatic rings. The molecule has 0 spiro atoms. The lowest BCUT2D eigenvalue weighted by Gasteiger charge is -1.98. The number of carbonyl (C=O) groups excluding carboxylic acids is 1. The van der Waals surface area contributed by atoms with E-state index < -0.39 is 6.10 Å². The van der Waals surface area contributed by atoms with E-state index >= 15 is 0 Å². The lowest BCUT2D eigenvalue weighted by Crippen LogP contribution is -2.01. The third kappa shape index (κ3) is 7.10. The molecule has 0 saturated carbocycles. The molecule has 0 saturated heterocycles. The Balaban J connectivity index is 3.53. The third-order valence-electron chi connectivity index (χ3n) is 1.34. The van der Waals surface area contributed by atoms with Crippen LogP contribution in [-0.4, -0.2) is 23.8 Å². The summed E-state index contributed by atoms with van der Waals surface area (Å²) in [6.45, 7) is 2.12. The van der Waals surface area contributed by atoms with Crippen LogP contribution in [0.1, 0.15) is 19.8 Å². The van der Waals surface area contributed by atoms with Gasteiger partial charge < -0.3 is 9.84 Å². The third-order valence-corrected chi connectivity index (χ3v) is 1.34. The number of ether oxygens (including phenoxy) is 1. The molecule has 0 aliphatic rings. The second-order valence-electron chi connectivity index (χ2n) is 2.41. The van der Waals surface area contributed by atoms with E-state index in [2.05, 4.69) is 10.7 Å². The first-order valence-electron chi connectivity index (χ1n) is 4.18. The Bertz CT molecular complexity index is 213. The number of hydrogen-bond donors (Lipinski definition) is 1. The summed E-state index contributed by atoms with van der Waals surface area (Å²) in [5, 5.41) is 8.94. The number of terminal acetylenes is 1. The number of hydrogen-bond acceptors (Lipinski definition) is 3. The predicted molar refractivity (Wildman–Crippen MR) is 49.8 cm³/mol. The zero-order valence-electron chi connectivity index (χ0n) is 7.69. The number of allylic oxidation sites excluding steroid dienone is 1. The molecular formula is C10H14O3. The number of rotatable bonds is 5. The van der Waals surface area contributed by atoms with E-state index in [0.717, 1.165) is 0 Å². The quantitative estimate of drug-likeness (QED) is 0.390. The van der Waals surface area contributed by atoms with Crippen molar-refractivity contribution in [2.24, 2.45) is 0 Å². The lowest BCUT2D eigenvalue weighted by atomic mass is 10.2. The summed E-state index contributed by atoms with van der Waals surface area (Å²) < 4.78 is 4.65. The fourth-order valence-electron chi connectivity index (χ4n) is 0.707. The minimum absolute atomic E-state index is 0.363. The summed E-state index contributed by atoms with van der Waals surface area (Å²) in [5.41, 5.74) is 0. The van der Waals surface area contributed by atoms with E-state index in [1.165, 1.54) is 6.08 Å². The minimum Gasteiger partial charge on any atom is -0.463 e. The average molecular weight is 182 g/mol. The van der Waals surface area contributed by atoms with Crippen molar-refractivity contribution in [2.75, 3.05) is 6.61 Å². The van der Waals surface area contributed by atoms with Crippen LogP contribution in [-0.2, 0) is 9.53 Å². The number of aliphatic hydroxyl groups is 1. The maximum atomic E-state index is 10.7. The van der Waals surface area contributed by atoms with Gasteiger partial charge in [0.1, 0.15) is 6.10 Å². The lowest BCUT2D eigenvalue weighted by molar-refractivity contribution is -0.137. The van der Waals surface area contributed by atoms with Crippen molar-refractivity contribution in [2.45, 2.75) is 25.9 Å². The largest absolute Gasteiger partial charge is 0.463 e. The van der Waals surface area contributed by atoms with Crippen LogP contribution in [0.2, 0.25) is 0 Å². The van der Waals surface area contributed by atoms with Gasteiger partial charge in [-0.3, -0.25) is 0 Å². The maximum Gasteiger partial charge on any atom is 0.330 e. The van der Waals surface area contributed by atoms with Gasteiger partial charge in [-0.1, -0.05) is 12.0 Å². The molecule has 0 amide bonds. The van der Waals surface area contributed by atoms with Crippen LogP contribution in [0.25, 0.3) is 0 Å². The molecule has 0 aliphatic carbocycles. The van der Waals surface area contributed by atoms with Gasteiger partial charge in [0.2, 0.25) is 0 Å². The van der Waals surface area contributed by atoms with Crippen molar-refractivity contribution >= 4 is 5.97 Å². The smallest absolute Gasteiger partial charge is 0.330 e. The normalized spacial score (nSPS) is 12.4. The van der Waals surface area contributed by atoms with Gasteiger partial charge in [-0.25, -0.2) is 4.79 Å². The average Bonchev–Trinajstić information content (AvgIpc) is 2.12. The van der Waals surface area contributed by atoms with Crippen molar-refractivity contribution in [3.8, 4) is 12.3 Å². The van der Waals surface area contributed by atoms with Gasteiger partial charge in [0, 0.05) is 6.08 Å². The van der Waals surface area contributed by atoms with Crippen molar-refractivity contribution < 1.29 is 14.6 Å². The van der Waals surface area contributed by atoms with Crippen molar-refractivity contribution in [3.63, 3.8) is 0 Å². The molecule has 3 nitrogen and oxygen atoms in total. The molecule has 1 N–H and O–H groups in total. The minimum atomic E-state index is -0.730. The molecule has 0 radical (unpaired) electrons. The van der Waals surface area contributed by atoms with E-state index in [9.17, 15) is 4.79 Å². The first-order chi connectivity index (χ1) is 6.20. The highest BCUT2D eigenvalue weighted by molar-refractivity contribution is 5.81. The summed E-state index contributed by atoms with van der Waals surface area (Å²) in [4.78, 5) is 10.7. The van der Waals surface area contributed by atoms with Crippen LogP contribution in [0.15, 0.2) is 12.2 Å².